The van der Waals surface area contributed by atoms with Gasteiger partial charge in [0.25, 0.3) is 0 Å². The Morgan fingerprint density at radius 3 is 2.44 bits per heavy atom. The fourth-order valence-corrected chi connectivity index (χ4v) is 4.42. The largest absolute Gasteiger partial charge is 0.322 e. The zero-order valence-corrected chi connectivity index (χ0v) is 19.7. The Bertz CT molecular complexity index is 1290. The van der Waals surface area contributed by atoms with E-state index < -0.39 is 0 Å². The van der Waals surface area contributed by atoms with Crippen molar-refractivity contribution in [2.75, 3.05) is 38.0 Å². The van der Waals surface area contributed by atoms with Gasteiger partial charge in [-0.2, -0.15) is 0 Å². The first-order valence-electron chi connectivity index (χ1n) is 11.8. The number of pyridine rings is 1. The molecule has 5 rings (SSSR count). The lowest BCUT2D eigenvalue weighted by molar-refractivity contribution is 0.145. The van der Waals surface area contributed by atoms with Crippen LogP contribution in [-0.4, -0.2) is 63.1 Å². The van der Waals surface area contributed by atoms with E-state index in [2.05, 4.69) is 51.0 Å². The standard InChI is InChI=1S/C27H30N6O/c1-20-9-11-22(12-10-20)25-29-24-8-5-13-28-26(24)33(25)19-16-31-14-17-32(18-15-31)27(34)30-23-7-4-3-6-21(23)2/h3-13H,14-19H2,1-2H3,(H,30,34). The monoisotopic (exact) mass is 454 g/mol. The van der Waals surface area contributed by atoms with Gasteiger partial charge in [-0.25, -0.2) is 14.8 Å². The molecule has 7 heteroatoms. The number of nitrogens with zero attached hydrogens (tertiary/aromatic N) is 5. The van der Waals surface area contributed by atoms with Crippen molar-refractivity contribution in [3.05, 3.63) is 78.0 Å². The van der Waals surface area contributed by atoms with Gasteiger partial charge in [0.05, 0.1) is 0 Å². The van der Waals surface area contributed by atoms with Crippen molar-refractivity contribution < 1.29 is 4.79 Å². The van der Waals surface area contributed by atoms with Gasteiger partial charge in [0.15, 0.2) is 5.65 Å². The quantitative estimate of drug-likeness (QED) is 0.480. The highest BCUT2D eigenvalue weighted by Gasteiger charge is 2.22. The van der Waals surface area contributed by atoms with Crippen LogP contribution < -0.4 is 5.32 Å². The van der Waals surface area contributed by atoms with Crippen molar-refractivity contribution in [1.82, 2.24) is 24.3 Å². The van der Waals surface area contributed by atoms with Gasteiger partial charge in [0.1, 0.15) is 11.3 Å². The number of piperazine rings is 1. The molecule has 1 fully saturated rings. The van der Waals surface area contributed by atoms with Gasteiger partial charge in [-0.15, -0.1) is 0 Å². The maximum Gasteiger partial charge on any atom is 0.321 e. The first kappa shape index (κ1) is 22.1. The highest BCUT2D eigenvalue weighted by Crippen LogP contribution is 2.24. The fourth-order valence-electron chi connectivity index (χ4n) is 4.42. The van der Waals surface area contributed by atoms with Crippen LogP contribution in [0.5, 0.6) is 0 Å². The Morgan fingerprint density at radius 1 is 0.912 bits per heavy atom. The fraction of sp³-hybridized carbons (Fsp3) is 0.296. The lowest BCUT2D eigenvalue weighted by Gasteiger charge is -2.34. The summed E-state index contributed by atoms with van der Waals surface area (Å²) in [5.41, 5.74) is 6.10. The third kappa shape index (κ3) is 4.65. The summed E-state index contributed by atoms with van der Waals surface area (Å²) in [5.74, 6) is 0.949. The number of rotatable bonds is 5. The number of anilines is 1. The molecule has 0 spiro atoms. The summed E-state index contributed by atoms with van der Waals surface area (Å²) in [7, 11) is 0. The van der Waals surface area contributed by atoms with E-state index in [0.29, 0.717) is 13.1 Å². The molecular weight excluding hydrogens is 424 g/mol. The van der Waals surface area contributed by atoms with Crippen molar-refractivity contribution in [2.45, 2.75) is 20.4 Å². The van der Waals surface area contributed by atoms with E-state index in [4.69, 9.17) is 4.98 Å². The molecule has 2 aromatic heterocycles. The molecule has 0 atom stereocenters. The summed E-state index contributed by atoms with van der Waals surface area (Å²) in [4.78, 5) is 26.5. The number of nitrogens with one attached hydrogen (secondary N) is 1. The molecule has 174 valence electrons. The molecule has 7 nitrogen and oxygen atoms in total. The molecule has 0 bridgehead atoms. The molecule has 4 aromatic rings. The minimum atomic E-state index is -0.0274. The Balaban J connectivity index is 1.24. The van der Waals surface area contributed by atoms with Crippen LogP contribution in [0.4, 0.5) is 10.5 Å². The Morgan fingerprint density at radius 2 is 1.68 bits per heavy atom. The number of hydrogen-bond donors (Lipinski definition) is 1. The van der Waals surface area contributed by atoms with E-state index in [9.17, 15) is 4.79 Å². The van der Waals surface area contributed by atoms with Gasteiger partial charge < -0.3 is 14.8 Å². The van der Waals surface area contributed by atoms with E-state index >= 15 is 0 Å². The molecular formula is C27H30N6O. The second-order valence-corrected chi connectivity index (χ2v) is 8.87. The van der Waals surface area contributed by atoms with E-state index in [-0.39, 0.29) is 6.03 Å². The van der Waals surface area contributed by atoms with Crippen LogP contribution in [0.2, 0.25) is 0 Å². The van der Waals surface area contributed by atoms with Gasteiger partial charge >= 0.3 is 6.03 Å². The van der Waals surface area contributed by atoms with Crippen LogP contribution in [0.25, 0.3) is 22.6 Å². The summed E-state index contributed by atoms with van der Waals surface area (Å²) in [6.45, 7) is 8.90. The van der Waals surface area contributed by atoms with Gasteiger partial charge in [0, 0.05) is 56.7 Å². The molecule has 1 saturated heterocycles. The summed E-state index contributed by atoms with van der Waals surface area (Å²) in [5, 5.41) is 3.05. The number of fused-ring (bicyclic) bond motifs is 1. The Kier molecular flexibility index (Phi) is 6.27. The predicted octanol–water partition coefficient (Wildman–Crippen LogP) is 4.56. The number of aromatic nitrogens is 3. The van der Waals surface area contributed by atoms with Crippen LogP contribution in [0.3, 0.4) is 0 Å². The molecule has 0 unspecified atom stereocenters. The van der Waals surface area contributed by atoms with E-state index in [0.717, 1.165) is 60.0 Å². The molecule has 1 N–H and O–H groups in total. The summed E-state index contributed by atoms with van der Waals surface area (Å²) in [6, 6.07) is 20.3. The zero-order chi connectivity index (χ0) is 23.5. The Hall–Kier alpha value is -3.71. The van der Waals surface area contributed by atoms with Gasteiger partial charge in [-0.05, 0) is 37.6 Å². The first-order valence-corrected chi connectivity index (χ1v) is 11.8. The highest BCUT2D eigenvalue weighted by atomic mass is 16.2. The molecule has 1 aliphatic heterocycles. The second kappa shape index (κ2) is 9.65. The Labute approximate surface area is 200 Å². The van der Waals surface area contributed by atoms with Crippen LogP contribution in [0.15, 0.2) is 66.9 Å². The second-order valence-electron chi connectivity index (χ2n) is 8.87. The van der Waals surface area contributed by atoms with E-state index in [1.807, 2.05) is 54.4 Å². The number of urea groups is 1. The number of carbonyl (C=O) groups excluding carboxylic acids is 1. The lowest BCUT2D eigenvalue weighted by atomic mass is 10.1. The molecule has 3 heterocycles. The first-order chi connectivity index (χ1) is 16.6. The van der Waals surface area contributed by atoms with Crippen LogP contribution in [0, 0.1) is 13.8 Å². The molecule has 2 aromatic carbocycles. The third-order valence-electron chi connectivity index (χ3n) is 6.50. The lowest BCUT2D eigenvalue weighted by Crippen LogP contribution is -2.50. The van der Waals surface area contributed by atoms with Crippen molar-refractivity contribution in [1.29, 1.82) is 0 Å². The number of amides is 2. The molecule has 0 radical (unpaired) electrons. The van der Waals surface area contributed by atoms with Crippen molar-refractivity contribution in [2.24, 2.45) is 0 Å². The van der Waals surface area contributed by atoms with Crippen LogP contribution in [0.1, 0.15) is 11.1 Å². The van der Waals surface area contributed by atoms with Crippen molar-refractivity contribution in [3.63, 3.8) is 0 Å². The van der Waals surface area contributed by atoms with Gasteiger partial charge in [-0.3, -0.25) is 4.90 Å². The number of imidazole rings is 1. The maximum absolute atomic E-state index is 12.7. The maximum atomic E-state index is 12.7. The number of para-hydroxylation sites is 1. The number of hydrogen-bond acceptors (Lipinski definition) is 4. The molecule has 1 aliphatic rings. The number of carbonyl (C=O) groups is 1. The topological polar surface area (TPSA) is 66.3 Å². The molecule has 34 heavy (non-hydrogen) atoms. The highest BCUT2D eigenvalue weighted by molar-refractivity contribution is 5.90. The number of benzene rings is 2. The molecule has 0 saturated carbocycles. The van der Waals surface area contributed by atoms with E-state index in [1.54, 1.807) is 0 Å². The van der Waals surface area contributed by atoms with Crippen LogP contribution in [-0.2, 0) is 6.54 Å². The minimum absolute atomic E-state index is 0.0274. The SMILES string of the molecule is Cc1ccc(-c2nc3cccnc3n2CCN2CCN(C(=O)Nc3ccccc3C)CC2)cc1. The number of aryl methyl sites for hydroxylation is 2. The van der Waals surface area contributed by atoms with E-state index in [1.165, 1.54) is 5.56 Å². The normalized spacial score (nSPS) is 14.5. The summed E-state index contributed by atoms with van der Waals surface area (Å²) >= 11 is 0. The average Bonchev–Trinajstić information content (AvgIpc) is 3.23. The summed E-state index contributed by atoms with van der Waals surface area (Å²) < 4.78 is 2.22. The van der Waals surface area contributed by atoms with Crippen molar-refractivity contribution >= 4 is 22.9 Å². The van der Waals surface area contributed by atoms with Crippen molar-refractivity contribution in [3.8, 4) is 11.4 Å². The van der Waals surface area contributed by atoms with Crippen LogP contribution >= 0.6 is 0 Å². The molecule has 2 amide bonds. The third-order valence-corrected chi connectivity index (χ3v) is 6.50. The smallest absolute Gasteiger partial charge is 0.321 e. The minimum Gasteiger partial charge on any atom is -0.322 e. The van der Waals surface area contributed by atoms with Gasteiger partial charge in [-0.1, -0.05) is 48.0 Å². The average molecular weight is 455 g/mol. The molecule has 0 aliphatic carbocycles. The zero-order valence-electron chi connectivity index (χ0n) is 19.7. The van der Waals surface area contributed by atoms with Gasteiger partial charge in [0.2, 0.25) is 0 Å². The summed E-state index contributed by atoms with van der Waals surface area (Å²) in [6.07, 6.45) is 1.82. The predicted molar refractivity (Wildman–Crippen MR) is 136 cm³/mol.